The van der Waals surface area contributed by atoms with Crippen LogP contribution in [-0.2, 0) is 11.3 Å². The predicted molar refractivity (Wildman–Crippen MR) is 108 cm³/mol. The van der Waals surface area contributed by atoms with E-state index in [1.165, 1.54) is 12.1 Å². The van der Waals surface area contributed by atoms with Crippen LogP contribution in [0.25, 0.3) is 0 Å². The Labute approximate surface area is 170 Å². The first-order valence-corrected chi connectivity index (χ1v) is 10.1. The van der Waals surface area contributed by atoms with E-state index < -0.39 is 5.82 Å². The van der Waals surface area contributed by atoms with Gasteiger partial charge in [-0.2, -0.15) is 4.98 Å². The third-order valence-corrected chi connectivity index (χ3v) is 5.71. The zero-order valence-corrected chi connectivity index (χ0v) is 16.7. The molecule has 0 saturated carbocycles. The summed E-state index contributed by atoms with van der Waals surface area (Å²) >= 11 is 0. The summed E-state index contributed by atoms with van der Waals surface area (Å²) in [6.07, 6.45) is 3.84. The number of benzene rings is 1. The van der Waals surface area contributed by atoms with Gasteiger partial charge in [-0.05, 0) is 43.7 Å². The van der Waals surface area contributed by atoms with Crippen LogP contribution in [0.4, 0.5) is 20.5 Å². The Hall–Kier alpha value is -2.32. The number of anilines is 2. The number of rotatable bonds is 5. The number of aromatic nitrogens is 2. The van der Waals surface area contributed by atoms with Gasteiger partial charge in [0.15, 0.2) is 0 Å². The fourth-order valence-electron chi connectivity index (χ4n) is 4.03. The molecular formula is C21H27F2N5O. The van der Waals surface area contributed by atoms with Gasteiger partial charge in [0, 0.05) is 51.0 Å². The fraction of sp³-hybridized carbons (Fsp3) is 0.524. The van der Waals surface area contributed by atoms with Gasteiger partial charge >= 0.3 is 0 Å². The van der Waals surface area contributed by atoms with Crippen molar-refractivity contribution in [1.82, 2.24) is 14.9 Å². The standard InChI is InChI=1S/C21H27F2N5O/c1-26(20-6-7-24-21(25-20)28-9-11-29-12-10-28)18-3-2-8-27(15-18)14-16-13-17(22)4-5-19(16)23/h4-7,13,18H,2-3,8-12,14-15H2,1H3. The maximum Gasteiger partial charge on any atom is 0.227 e. The molecule has 2 aliphatic heterocycles. The quantitative estimate of drug-likeness (QED) is 0.765. The summed E-state index contributed by atoms with van der Waals surface area (Å²) in [7, 11) is 2.04. The second kappa shape index (κ2) is 9.00. The molecule has 29 heavy (non-hydrogen) atoms. The molecule has 8 heteroatoms. The number of nitrogens with zero attached hydrogens (tertiary/aromatic N) is 5. The summed E-state index contributed by atoms with van der Waals surface area (Å²) in [5.41, 5.74) is 0.407. The Balaban J connectivity index is 1.43. The summed E-state index contributed by atoms with van der Waals surface area (Å²) in [5, 5.41) is 0. The summed E-state index contributed by atoms with van der Waals surface area (Å²) in [4.78, 5) is 15.7. The van der Waals surface area contributed by atoms with Crippen molar-refractivity contribution < 1.29 is 13.5 Å². The zero-order valence-electron chi connectivity index (χ0n) is 16.7. The molecule has 0 radical (unpaired) electrons. The molecule has 2 aliphatic rings. The second-order valence-electron chi connectivity index (χ2n) is 7.69. The van der Waals surface area contributed by atoms with Crippen molar-refractivity contribution in [3.8, 4) is 0 Å². The third kappa shape index (κ3) is 4.82. The number of halogens is 2. The van der Waals surface area contributed by atoms with E-state index in [0.717, 1.165) is 56.9 Å². The first-order chi connectivity index (χ1) is 14.1. The second-order valence-corrected chi connectivity index (χ2v) is 7.69. The number of hydrogen-bond acceptors (Lipinski definition) is 6. The minimum atomic E-state index is -0.399. The van der Waals surface area contributed by atoms with Gasteiger partial charge in [0.1, 0.15) is 17.5 Å². The Kier molecular flexibility index (Phi) is 6.20. The minimum Gasteiger partial charge on any atom is -0.378 e. The lowest BCUT2D eigenvalue weighted by molar-refractivity contribution is 0.122. The van der Waals surface area contributed by atoms with E-state index in [0.29, 0.717) is 25.3 Å². The highest BCUT2D eigenvalue weighted by atomic mass is 19.1. The molecule has 1 unspecified atom stereocenters. The van der Waals surface area contributed by atoms with E-state index in [1.54, 1.807) is 6.20 Å². The molecular weight excluding hydrogens is 376 g/mol. The summed E-state index contributed by atoms with van der Waals surface area (Å²) in [6, 6.07) is 5.84. The summed E-state index contributed by atoms with van der Waals surface area (Å²) in [5.74, 6) is 0.856. The predicted octanol–water partition coefficient (Wildman–Crippen LogP) is 2.69. The maximum absolute atomic E-state index is 14.0. The molecule has 1 aromatic heterocycles. The molecule has 0 spiro atoms. The lowest BCUT2D eigenvalue weighted by Crippen LogP contribution is -2.46. The molecule has 1 atom stereocenters. The molecule has 6 nitrogen and oxygen atoms in total. The van der Waals surface area contributed by atoms with E-state index in [1.807, 2.05) is 13.1 Å². The van der Waals surface area contributed by atoms with Crippen LogP contribution >= 0.6 is 0 Å². The molecule has 0 amide bonds. The van der Waals surface area contributed by atoms with Crippen LogP contribution in [-0.4, -0.2) is 67.4 Å². The molecule has 0 bridgehead atoms. The van der Waals surface area contributed by atoms with E-state index in [2.05, 4.69) is 19.7 Å². The maximum atomic E-state index is 14.0. The number of likely N-dealkylation sites (tertiary alicyclic amines) is 1. The van der Waals surface area contributed by atoms with Crippen molar-refractivity contribution >= 4 is 11.8 Å². The first kappa shape index (κ1) is 20.0. The Morgan fingerprint density at radius 1 is 1.17 bits per heavy atom. The smallest absolute Gasteiger partial charge is 0.227 e. The highest BCUT2D eigenvalue weighted by Gasteiger charge is 2.25. The average molecular weight is 403 g/mol. The van der Waals surface area contributed by atoms with Gasteiger partial charge in [0.2, 0.25) is 5.95 Å². The number of morpholine rings is 1. The third-order valence-electron chi connectivity index (χ3n) is 5.71. The molecule has 156 valence electrons. The molecule has 1 aromatic carbocycles. The van der Waals surface area contributed by atoms with Crippen LogP contribution in [0.15, 0.2) is 30.5 Å². The van der Waals surface area contributed by atoms with Gasteiger partial charge in [0.25, 0.3) is 0 Å². The average Bonchev–Trinajstić information content (AvgIpc) is 2.77. The normalized spacial score (nSPS) is 20.7. The van der Waals surface area contributed by atoms with Crippen molar-refractivity contribution in [2.45, 2.75) is 25.4 Å². The van der Waals surface area contributed by atoms with Crippen LogP contribution in [0, 0.1) is 11.6 Å². The first-order valence-electron chi connectivity index (χ1n) is 10.1. The molecule has 0 aliphatic carbocycles. The highest BCUT2D eigenvalue weighted by Crippen LogP contribution is 2.23. The van der Waals surface area contributed by atoms with Gasteiger partial charge in [0.05, 0.1) is 13.2 Å². The number of hydrogen-bond donors (Lipinski definition) is 0. The van der Waals surface area contributed by atoms with E-state index in [-0.39, 0.29) is 11.9 Å². The van der Waals surface area contributed by atoms with E-state index in [4.69, 9.17) is 9.72 Å². The van der Waals surface area contributed by atoms with Gasteiger partial charge in [-0.15, -0.1) is 0 Å². The summed E-state index contributed by atoms with van der Waals surface area (Å²) < 4.78 is 32.9. The monoisotopic (exact) mass is 403 g/mol. The van der Waals surface area contributed by atoms with Gasteiger partial charge in [-0.3, -0.25) is 4.90 Å². The van der Waals surface area contributed by atoms with Gasteiger partial charge < -0.3 is 14.5 Å². The Morgan fingerprint density at radius 3 is 2.83 bits per heavy atom. The number of piperidine rings is 1. The minimum absolute atomic E-state index is 0.257. The van der Waals surface area contributed by atoms with Gasteiger partial charge in [-0.1, -0.05) is 0 Å². The summed E-state index contributed by atoms with van der Waals surface area (Å²) in [6.45, 7) is 5.05. The largest absolute Gasteiger partial charge is 0.378 e. The van der Waals surface area contributed by atoms with Crippen molar-refractivity contribution in [3.63, 3.8) is 0 Å². The lowest BCUT2D eigenvalue weighted by Gasteiger charge is -2.38. The zero-order chi connectivity index (χ0) is 20.2. The van der Waals surface area contributed by atoms with Gasteiger partial charge in [-0.25, -0.2) is 13.8 Å². The van der Waals surface area contributed by atoms with E-state index in [9.17, 15) is 8.78 Å². The van der Waals surface area contributed by atoms with E-state index >= 15 is 0 Å². The lowest BCUT2D eigenvalue weighted by atomic mass is 10.0. The van der Waals surface area contributed by atoms with Crippen LogP contribution < -0.4 is 9.80 Å². The Morgan fingerprint density at radius 2 is 2.00 bits per heavy atom. The number of likely N-dealkylation sites (N-methyl/N-ethyl adjacent to an activating group) is 1. The van der Waals surface area contributed by atoms with Crippen molar-refractivity contribution in [2.24, 2.45) is 0 Å². The van der Waals surface area contributed by atoms with Crippen molar-refractivity contribution in [3.05, 3.63) is 47.7 Å². The molecule has 4 rings (SSSR count). The number of ether oxygens (including phenoxy) is 1. The molecule has 2 aromatic rings. The topological polar surface area (TPSA) is 44.7 Å². The SMILES string of the molecule is CN(c1ccnc(N2CCOCC2)n1)C1CCCN(Cc2cc(F)ccc2F)C1. The van der Waals surface area contributed by atoms with Crippen LogP contribution in [0.1, 0.15) is 18.4 Å². The molecule has 3 heterocycles. The van der Waals surface area contributed by atoms with Crippen molar-refractivity contribution in [1.29, 1.82) is 0 Å². The molecule has 2 fully saturated rings. The highest BCUT2D eigenvalue weighted by molar-refractivity contribution is 5.44. The molecule has 2 saturated heterocycles. The fourth-order valence-corrected chi connectivity index (χ4v) is 4.03. The van der Waals surface area contributed by atoms with Crippen LogP contribution in [0.5, 0.6) is 0 Å². The Bertz CT molecular complexity index is 830. The molecule has 0 N–H and O–H groups in total. The van der Waals surface area contributed by atoms with Crippen LogP contribution in [0.3, 0.4) is 0 Å². The van der Waals surface area contributed by atoms with Crippen LogP contribution in [0.2, 0.25) is 0 Å². The van der Waals surface area contributed by atoms with Crippen molar-refractivity contribution in [2.75, 3.05) is 56.2 Å².